The van der Waals surface area contributed by atoms with Gasteiger partial charge in [0.25, 0.3) is 0 Å². The molecule has 0 amide bonds. The van der Waals surface area contributed by atoms with E-state index in [1.165, 1.54) is 11.1 Å². The van der Waals surface area contributed by atoms with Crippen molar-refractivity contribution in [2.24, 2.45) is 5.73 Å². The average Bonchev–Trinajstić information content (AvgIpc) is 2.17. The van der Waals surface area contributed by atoms with E-state index in [1.54, 1.807) is 0 Å². The Labute approximate surface area is 92.1 Å². The fourth-order valence-corrected chi connectivity index (χ4v) is 1.69. The molecule has 0 saturated carbocycles. The zero-order valence-electron chi connectivity index (χ0n) is 9.12. The molecule has 0 aliphatic heterocycles. The van der Waals surface area contributed by atoms with Gasteiger partial charge in [0.05, 0.1) is 0 Å². The third-order valence-electron chi connectivity index (χ3n) is 2.98. The van der Waals surface area contributed by atoms with Crippen LogP contribution in [0, 0.1) is 0 Å². The highest BCUT2D eigenvalue weighted by Gasteiger charge is 2.27. The monoisotopic (exact) mass is 209 g/mol. The van der Waals surface area contributed by atoms with Crippen molar-refractivity contribution in [2.75, 3.05) is 0 Å². The average molecular weight is 209 g/mol. The molecule has 1 unspecified atom stereocenters. The summed E-state index contributed by atoms with van der Waals surface area (Å²) >= 11 is 4.54. The predicted octanol–water partition coefficient (Wildman–Crippen LogP) is 2.74. The number of thiol groups is 1. The van der Waals surface area contributed by atoms with Crippen LogP contribution in [0.3, 0.4) is 0 Å². The van der Waals surface area contributed by atoms with Gasteiger partial charge in [0.2, 0.25) is 0 Å². The minimum absolute atomic E-state index is 0.0685. The van der Waals surface area contributed by atoms with E-state index in [0.717, 1.165) is 0 Å². The Kier molecular flexibility index (Phi) is 3.62. The maximum atomic E-state index is 5.72. The lowest BCUT2D eigenvalue weighted by atomic mass is 9.79. The van der Waals surface area contributed by atoms with Crippen molar-refractivity contribution >= 4 is 12.6 Å². The lowest BCUT2D eigenvalue weighted by Crippen LogP contribution is -2.29. The van der Waals surface area contributed by atoms with Gasteiger partial charge in [0.1, 0.15) is 0 Å². The fraction of sp³-hybridized carbons (Fsp3) is 0.500. The fourth-order valence-electron chi connectivity index (χ4n) is 1.55. The maximum absolute atomic E-state index is 5.72. The number of benzene rings is 1. The van der Waals surface area contributed by atoms with Gasteiger partial charge in [-0.2, -0.15) is 12.6 Å². The summed E-state index contributed by atoms with van der Waals surface area (Å²) < 4.78 is 0. The summed E-state index contributed by atoms with van der Waals surface area (Å²) in [4.78, 5) is 0. The van der Waals surface area contributed by atoms with E-state index in [0.29, 0.717) is 11.8 Å². The molecule has 2 heteroatoms. The molecule has 0 radical (unpaired) electrons. The molecule has 0 aliphatic carbocycles. The first-order chi connectivity index (χ1) is 6.50. The van der Waals surface area contributed by atoms with E-state index >= 15 is 0 Å². The van der Waals surface area contributed by atoms with Gasteiger partial charge in [-0.05, 0) is 11.1 Å². The molecule has 0 saturated heterocycles. The minimum Gasteiger partial charge on any atom is -0.326 e. The lowest BCUT2D eigenvalue weighted by molar-refractivity contribution is 0.517. The predicted molar refractivity (Wildman–Crippen MR) is 65.8 cm³/mol. The highest BCUT2D eigenvalue weighted by atomic mass is 32.1. The van der Waals surface area contributed by atoms with Crippen LogP contribution in [0.25, 0.3) is 0 Å². The summed E-state index contributed by atoms with van der Waals surface area (Å²) in [7, 11) is 0. The van der Waals surface area contributed by atoms with E-state index in [1.807, 2.05) is 6.07 Å². The Bertz CT molecular complexity index is 305. The molecule has 2 N–H and O–H groups in total. The number of nitrogens with two attached hydrogens (primary N) is 1. The van der Waals surface area contributed by atoms with Crippen LogP contribution in [-0.2, 0) is 12.0 Å². The topological polar surface area (TPSA) is 26.0 Å². The molecule has 0 fully saturated rings. The van der Waals surface area contributed by atoms with E-state index in [4.69, 9.17) is 5.73 Å². The lowest BCUT2D eigenvalue weighted by Gasteiger charge is -2.31. The van der Waals surface area contributed by atoms with Crippen molar-refractivity contribution < 1.29 is 0 Å². The molecule has 0 aliphatic rings. The quantitative estimate of drug-likeness (QED) is 0.736. The zero-order valence-corrected chi connectivity index (χ0v) is 10.0. The highest BCUT2D eigenvalue weighted by molar-refractivity contribution is 7.81. The Morgan fingerprint density at radius 3 is 2.43 bits per heavy atom. The molecule has 1 atom stereocenters. The molecule has 0 bridgehead atoms. The van der Waals surface area contributed by atoms with Crippen molar-refractivity contribution in [3.63, 3.8) is 0 Å². The third-order valence-corrected chi connectivity index (χ3v) is 3.62. The van der Waals surface area contributed by atoms with Crippen molar-refractivity contribution in [1.82, 2.24) is 0 Å². The Morgan fingerprint density at radius 1 is 1.36 bits per heavy atom. The minimum atomic E-state index is 0.0685. The number of hydrogen-bond donors (Lipinski definition) is 2. The Balaban J connectivity index is 3.17. The third kappa shape index (κ3) is 2.12. The number of rotatable bonds is 3. The summed E-state index contributed by atoms with van der Waals surface area (Å²) in [5.74, 6) is 0. The molecule has 0 spiro atoms. The second-order valence-electron chi connectivity index (χ2n) is 4.26. The molecule has 0 heterocycles. The molecule has 14 heavy (non-hydrogen) atoms. The van der Waals surface area contributed by atoms with Crippen LogP contribution >= 0.6 is 12.6 Å². The molecule has 78 valence electrons. The van der Waals surface area contributed by atoms with Gasteiger partial charge in [-0.1, -0.05) is 45.0 Å². The summed E-state index contributed by atoms with van der Waals surface area (Å²) in [5, 5.41) is 0.315. The maximum Gasteiger partial charge on any atom is 0.0181 e. The van der Waals surface area contributed by atoms with E-state index in [2.05, 4.69) is 51.6 Å². The van der Waals surface area contributed by atoms with Crippen LogP contribution in [0.2, 0.25) is 0 Å². The molecule has 1 aromatic carbocycles. The summed E-state index contributed by atoms with van der Waals surface area (Å²) in [6.45, 7) is 7.13. The van der Waals surface area contributed by atoms with Crippen LogP contribution in [0.15, 0.2) is 24.3 Å². The van der Waals surface area contributed by atoms with Gasteiger partial charge in [-0.15, -0.1) is 0 Å². The highest BCUT2D eigenvalue weighted by Crippen LogP contribution is 2.32. The summed E-state index contributed by atoms with van der Waals surface area (Å²) in [6.07, 6.45) is 0. The van der Waals surface area contributed by atoms with Gasteiger partial charge < -0.3 is 5.73 Å². The Morgan fingerprint density at radius 2 is 1.93 bits per heavy atom. The van der Waals surface area contributed by atoms with Crippen molar-refractivity contribution in [2.45, 2.75) is 38.0 Å². The first kappa shape index (κ1) is 11.6. The largest absolute Gasteiger partial charge is 0.326 e. The second kappa shape index (κ2) is 4.37. The normalized spacial score (nSPS) is 14.1. The van der Waals surface area contributed by atoms with Gasteiger partial charge in [-0.25, -0.2) is 0 Å². The van der Waals surface area contributed by atoms with E-state index in [-0.39, 0.29) is 5.41 Å². The van der Waals surface area contributed by atoms with Crippen LogP contribution in [0.4, 0.5) is 0 Å². The smallest absolute Gasteiger partial charge is 0.0181 e. The SMILES string of the molecule is CC(S)C(C)(C)c1ccccc1CN. The summed E-state index contributed by atoms with van der Waals surface area (Å²) in [5.41, 5.74) is 8.32. The molecular formula is C12H19NS. The first-order valence-corrected chi connectivity index (χ1v) is 5.48. The first-order valence-electron chi connectivity index (χ1n) is 4.96. The molecule has 1 rings (SSSR count). The van der Waals surface area contributed by atoms with Gasteiger partial charge in [0.15, 0.2) is 0 Å². The van der Waals surface area contributed by atoms with Crippen LogP contribution < -0.4 is 5.73 Å². The number of hydrogen-bond acceptors (Lipinski definition) is 2. The van der Waals surface area contributed by atoms with Crippen LogP contribution in [0.5, 0.6) is 0 Å². The molecule has 0 aromatic heterocycles. The van der Waals surface area contributed by atoms with Crippen molar-refractivity contribution in [3.05, 3.63) is 35.4 Å². The van der Waals surface area contributed by atoms with Gasteiger partial charge >= 0.3 is 0 Å². The van der Waals surface area contributed by atoms with E-state index in [9.17, 15) is 0 Å². The zero-order chi connectivity index (χ0) is 10.8. The molecular weight excluding hydrogens is 190 g/mol. The van der Waals surface area contributed by atoms with Crippen molar-refractivity contribution in [3.8, 4) is 0 Å². The second-order valence-corrected chi connectivity index (χ2v) is 5.03. The molecule has 1 aromatic rings. The van der Waals surface area contributed by atoms with Crippen LogP contribution in [0.1, 0.15) is 31.9 Å². The van der Waals surface area contributed by atoms with E-state index < -0.39 is 0 Å². The standard InChI is InChI=1S/C12H19NS/c1-9(14)12(2,3)11-7-5-4-6-10(11)8-13/h4-7,9,14H,8,13H2,1-3H3. The molecule has 1 nitrogen and oxygen atoms in total. The van der Waals surface area contributed by atoms with Gasteiger partial charge in [0, 0.05) is 17.2 Å². The van der Waals surface area contributed by atoms with Crippen molar-refractivity contribution in [1.29, 1.82) is 0 Å². The Hall–Kier alpha value is -0.470. The van der Waals surface area contributed by atoms with Gasteiger partial charge in [-0.3, -0.25) is 0 Å². The van der Waals surface area contributed by atoms with Crippen LogP contribution in [-0.4, -0.2) is 5.25 Å². The summed E-state index contributed by atoms with van der Waals surface area (Å²) in [6, 6.07) is 8.33.